The molecular weight excluding hydrogens is 297 g/mol. The molecule has 0 aliphatic rings. The number of carbonyl (C=O) groups excluding carboxylic acids is 1. The molecule has 0 aromatic heterocycles. The lowest BCUT2D eigenvalue weighted by molar-refractivity contribution is 0.102. The van der Waals surface area contributed by atoms with Crippen molar-refractivity contribution in [2.45, 2.75) is 6.92 Å². The summed E-state index contributed by atoms with van der Waals surface area (Å²) in [7, 11) is 1.45. The van der Waals surface area contributed by atoms with Crippen molar-refractivity contribution in [3.05, 3.63) is 57.6 Å². The molecule has 0 unspecified atom stereocenters. The number of hydrogen-bond donors (Lipinski definition) is 1. The Bertz CT molecular complexity index is 656. The van der Waals surface area contributed by atoms with E-state index < -0.39 is 0 Å². The lowest BCUT2D eigenvalue weighted by Crippen LogP contribution is -2.14. The average Bonchev–Trinajstić information content (AvgIpc) is 2.43. The van der Waals surface area contributed by atoms with Gasteiger partial charge < -0.3 is 10.1 Å². The number of halogens is 2. The van der Waals surface area contributed by atoms with E-state index >= 15 is 0 Å². The molecule has 0 atom stereocenters. The van der Waals surface area contributed by atoms with Gasteiger partial charge in [0.05, 0.1) is 17.2 Å². The third-order valence-corrected chi connectivity index (χ3v) is 3.50. The largest absolute Gasteiger partial charge is 0.494 e. The highest BCUT2D eigenvalue weighted by Gasteiger charge is 2.19. The Morgan fingerprint density at radius 1 is 1.10 bits per heavy atom. The molecule has 0 radical (unpaired) electrons. The zero-order valence-corrected chi connectivity index (χ0v) is 12.5. The van der Waals surface area contributed by atoms with Crippen molar-refractivity contribution >= 4 is 34.8 Å². The molecule has 0 heterocycles. The molecule has 0 saturated heterocycles. The molecule has 104 valence electrons. The maximum absolute atomic E-state index is 12.4. The minimum atomic E-state index is -0.358. The zero-order chi connectivity index (χ0) is 14.7. The molecule has 0 fully saturated rings. The maximum atomic E-state index is 12.4. The number of methoxy groups -OCH3 is 1. The van der Waals surface area contributed by atoms with Crippen LogP contribution in [0.5, 0.6) is 5.75 Å². The lowest BCUT2D eigenvalue weighted by atomic mass is 10.1. The molecule has 3 nitrogen and oxygen atoms in total. The van der Waals surface area contributed by atoms with Crippen molar-refractivity contribution in [1.82, 2.24) is 0 Å². The summed E-state index contributed by atoms with van der Waals surface area (Å²) in [4.78, 5) is 12.4. The Balaban J connectivity index is 2.40. The van der Waals surface area contributed by atoms with Crippen LogP contribution < -0.4 is 10.1 Å². The molecule has 2 aromatic rings. The van der Waals surface area contributed by atoms with Crippen molar-refractivity contribution in [1.29, 1.82) is 0 Å². The Morgan fingerprint density at radius 3 is 2.40 bits per heavy atom. The molecule has 0 saturated carbocycles. The van der Waals surface area contributed by atoms with Crippen molar-refractivity contribution < 1.29 is 9.53 Å². The van der Waals surface area contributed by atoms with Gasteiger partial charge in [0, 0.05) is 5.69 Å². The van der Waals surface area contributed by atoms with Gasteiger partial charge in [-0.05, 0) is 30.7 Å². The number of rotatable bonds is 3. The summed E-state index contributed by atoms with van der Waals surface area (Å²) in [6.45, 7) is 1.91. The van der Waals surface area contributed by atoms with Gasteiger partial charge >= 0.3 is 0 Å². The monoisotopic (exact) mass is 309 g/mol. The number of ether oxygens (including phenoxy) is 1. The number of amides is 1. The molecule has 0 bridgehead atoms. The highest BCUT2D eigenvalue weighted by atomic mass is 35.5. The van der Waals surface area contributed by atoms with Crippen molar-refractivity contribution in [3.63, 3.8) is 0 Å². The first-order chi connectivity index (χ1) is 9.54. The van der Waals surface area contributed by atoms with Gasteiger partial charge in [-0.25, -0.2) is 0 Å². The normalized spacial score (nSPS) is 10.2. The number of hydrogen-bond acceptors (Lipinski definition) is 2. The van der Waals surface area contributed by atoms with Gasteiger partial charge in [-0.2, -0.15) is 0 Å². The van der Waals surface area contributed by atoms with Crippen molar-refractivity contribution in [2.24, 2.45) is 0 Å². The van der Waals surface area contributed by atoms with Gasteiger partial charge in [-0.15, -0.1) is 0 Å². The van der Waals surface area contributed by atoms with E-state index in [-0.39, 0.29) is 22.2 Å². The van der Waals surface area contributed by atoms with Crippen LogP contribution in [0.4, 0.5) is 5.69 Å². The van der Waals surface area contributed by atoms with E-state index in [9.17, 15) is 4.79 Å². The molecule has 0 aliphatic heterocycles. The number of benzene rings is 2. The van der Waals surface area contributed by atoms with E-state index in [0.717, 1.165) is 11.3 Å². The van der Waals surface area contributed by atoms with Crippen molar-refractivity contribution in [3.8, 4) is 5.75 Å². The van der Waals surface area contributed by atoms with Gasteiger partial charge in [0.25, 0.3) is 5.91 Å². The molecule has 2 rings (SSSR count). The minimum absolute atomic E-state index is 0.227. The van der Waals surface area contributed by atoms with E-state index in [1.807, 2.05) is 31.2 Å². The molecular formula is C15H13Cl2NO2. The second-order valence-corrected chi connectivity index (χ2v) is 5.02. The summed E-state index contributed by atoms with van der Waals surface area (Å²) in [5.74, 6) is -0.0890. The minimum Gasteiger partial charge on any atom is -0.494 e. The summed E-state index contributed by atoms with van der Waals surface area (Å²) in [5.41, 5.74) is 1.90. The standard InChI is InChI=1S/C15H13Cl2NO2/c1-9-5-3-4-6-12(9)18-15(19)13-10(16)7-8-11(17)14(13)20-2/h3-8H,1-2H3,(H,18,19). The van der Waals surface area contributed by atoms with Crippen LogP contribution >= 0.6 is 23.2 Å². The summed E-state index contributed by atoms with van der Waals surface area (Å²) in [5, 5.41) is 3.44. The van der Waals surface area contributed by atoms with Gasteiger partial charge in [-0.3, -0.25) is 4.79 Å². The van der Waals surface area contributed by atoms with E-state index in [2.05, 4.69) is 5.32 Å². The fourth-order valence-electron chi connectivity index (χ4n) is 1.84. The number of para-hydroxylation sites is 1. The summed E-state index contributed by atoms with van der Waals surface area (Å²) in [6, 6.07) is 10.6. The maximum Gasteiger partial charge on any atom is 0.261 e. The number of carbonyl (C=O) groups is 1. The summed E-state index contributed by atoms with van der Waals surface area (Å²) < 4.78 is 5.17. The first kappa shape index (κ1) is 14.7. The van der Waals surface area contributed by atoms with Crippen LogP contribution in [0.1, 0.15) is 15.9 Å². The third kappa shape index (κ3) is 2.89. The van der Waals surface area contributed by atoms with Gasteiger partial charge in [0.1, 0.15) is 5.56 Å². The topological polar surface area (TPSA) is 38.3 Å². The Kier molecular flexibility index (Phi) is 4.53. The second kappa shape index (κ2) is 6.16. The first-order valence-electron chi connectivity index (χ1n) is 5.93. The van der Waals surface area contributed by atoms with Gasteiger partial charge in [-0.1, -0.05) is 41.4 Å². The molecule has 0 aliphatic carbocycles. The van der Waals surface area contributed by atoms with Crippen LogP contribution in [0.2, 0.25) is 10.0 Å². The molecule has 0 spiro atoms. The van der Waals surface area contributed by atoms with E-state index in [0.29, 0.717) is 5.02 Å². The zero-order valence-electron chi connectivity index (χ0n) is 11.0. The van der Waals surface area contributed by atoms with Gasteiger partial charge in [0.15, 0.2) is 5.75 Å². The van der Waals surface area contributed by atoms with Crippen LogP contribution in [-0.4, -0.2) is 13.0 Å². The summed E-state index contributed by atoms with van der Waals surface area (Å²) >= 11 is 12.1. The van der Waals surface area contributed by atoms with Crippen LogP contribution in [0.3, 0.4) is 0 Å². The average molecular weight is 310 g/mol. The predicted molar refractivity (Wildman–Crippen MR) is 82.1 cm³/mol. The number of nitrogens with one attached hydrogen (secondary N) is 1. The fourth-order valence-corrected chi connectivity index (χ4v) is 2.31. The highest BCUT2D eigenvalue weighted by Crippen LogP contribution is 2.34. The molecule has 1 amide bonds. The van der Waals surface area contributed by atoms with Gasteiger partial charge in [0.2, 0.25) is 0 Å². The smallest absolute Gasteiger partial charge is 0.261 e. The van der Waals surface area contributed by atoms with Crippen LogP contribution in [0, 0.1) is 6.92 Å². The van der Waals surface area contributed by atoms with Crippen LogP contribution in [-0.2, 0) is 0 Å². The lowest BCUT2D eigenvalue weighted by Gasteiger charge is -2.13. The van der Waals surface area contributed by atoms with Crippen LogP contribution in [0.15, 0.2) is 36.4 Å². The predicted octanol–water partition coefficient (Wildman–Crippen LogP) is 4.56. The SMILES string of the molecule is COc1c(Cl)ccc(Cl)c1C(=O)Nc1ccccc1C. The number of aryl methyl sites for hydroxylation is 1. The molecule has 5 heteroatoms. The molecule has 20 heavy (non-hydrogen) atoms. The highest BCUT2D eigenvalue weighted by molar-refractivity contribution is 6.37. The van der Waals surface area contributed by atoms with Crippen LogP contribution in [0.25, 0.3) is 0 Å². The summed E-state index contributed by atoms with van der Waals surface area (Å²) in [6.07, 6.45) is 0. The first-order valence-corrected chi connectivity index (χ1v) is 6.69. The molecule has 1 N–H and O–H groups in total. The van der Waals surface area contributed by atoms with E-state index in [4.69, 9.17) is 27.9 Å². The van der Waals surface area contributed by atoms with E-state index in [1.54, 1.807) is 12.1 Å². The molecule has 2 aromatic carbocycles. The van der Waals surface area contributed by atoms with Crippen molar-refractivity contribution in [2.75, 3.05) is 12.4 Å². The third-order valence-electron chi connectivity index (χ3n) is 2.88. The quantitative estimate of drug-likeness (QED) is 0.902. The number of anilines is 1. The fraction of sp³-hybridized carbons (Fsp3) is 0.133. The van der Waals surface area contributed by atoms with E-state index in [1.165, 1.54) is 7.11 Å². The Hall–Kier alpha value is -1.71. The second-order valence-electron chi connectivity index (χ2n) is 4.21. The Labute approximate surface area is 127 Å². The Morgan fingerprint density at radius 2 is 1.75 bits per heavy atom.